The van der Waals surface area contributed by atoms with Gasteiger partial charge in [0.1, 0.15) is 5.75 Å². The van der Waals surface area contributed by atoms with E-state index >= 15 is 0 Å². The van der Waals surface area contributed by atoms with Crippen molar-refractivity contribution in [1.29, 1.82) is 0 Å². The van der Waals surface area contributed by atoms with Crippen LogP contribution in [0.5, 0.6) is 5.75 Å². The first kappa shape index (κ1) is 19.6. The minimum Gasteiger partial charge on any atom is -0.490 e. The predicted molar refractivity (Wildman–Crippen MR) is 116 cm³/mol. The third-order valence-corrected chi connectivity index (χ3v) is 6.88. The van der Waals surface area contributed by atoms with Gasteiger partial charge in [-0.25, -0.2) is 0 Å². The quantitative estimate of drug-likeness (QED) is 0.590. The first-order chi connectivity index (χ1) is 13.6. The number of pyridine rings is 1. The smallest absolute Gasteiger partial charge is 0.130 e. The monoisotopic (exact) mass is 416 g/mol. The Hall–Kier alpha value is -1.66. The second kappa shape index (κ2) is 8.37. The summed E-state index contributed by atoms with van der Waals surface area (Å²) >= 11 is 7.99. The van der Waals surface area contributed by atoms with Gasteiger partial charge in [0.05, 0.1) is 22.9 Å². The van der Waals surface area contributed by atoms with Crippen molar-refractivity contribution < 1.29 is 9.84 Å². The number of aryl methyl sites for hydroxylation is 1. The highest BCUT2D eigenvalue weighted by Crippen LogP contribution is 2.42. The van der Waals surface area contributed by atoms with Gasteiger partial charge in [0, 0.05) is 33.3 Å². The number of halogens is 1. The van der Waals surface area contributed by atoms with Crippen LogP contribution in [0.2, 0.25) is 5.02 Å². The molecule has 1 aromatic carbocycles. The van der Waals surface area contributed by atoms with Gasteiger partial charge in [0.25, 0.3) is 0 Å². The molecule has 1 aliphatic carbocycles. The molecule has 0 radical (unpaired) electrons. The van der Waals surface area contributed by atoms with Crippen LogP contribution >= 0.6 is 22.9 Å². The normalized spacial score (nSPS) is 19.9. The van der Waals surface area contributed by atoms with Gasteiger partial charge in [0.2, 0.25) is 0 Å². The van der Waals surface area contributed by atoms with E-state index < -0.39 is 0 Å². The lowest BCUT2D eigenvalue weighted by Gasteiger charge is -2.30. The van der Waals surface area contributed by atoms with E-state index in [4.69, 9.17) is 16.3 Å². The summed E-state index contributed by atoms with van der Waals surface area (Å²) in [5.74, 6) is 0.906. The molecule has 1 fully saturated rings. The summed E-state index contributed by atoms with van der Waals surface area (Å²) in [7, 11) is 2.03. The van der Waals surface area contributed by atoms with E-state index in [0.29, 0.717) is 11.1 Å². The minimum atomic E-state index is 0.0209. The molecule has 4 nitrogen and oxygen atoms in total. The van der Waals surface area contributed by atoms with Crippen LogP contribution in [0.15, 0.2) is 30.5 Å². The first-order valence-electron chi connectivity index (χ1n) is 9.71. The number of rotatable bonds is 5. The molecular weight excluding hydrogens is 392 g/mol. The molecule has 4 rings (SSSR count). The topological polar surface area (TPSA) is 54.4 Å². The van der Waals surface area contributed by atoms with E-state index in [1.165, 1.54) is 0 Å². The molecule has 0 spiro atoms. The van der Waals surface area contributed by atoms with Crippen LogP contribution in [0.25, 0.3) is 21.3 Å². The number of nitrogens with zero attached hydrogens (tertiary/aromatic N) is 1. The SMILES string of the molecule is CN[C@H]1CC[C@@H](Oc2c(C)cc(Cl)cc2-c2ccnc3cc(CO)sc23)CC1. The maximum absolute atomic E-state index is 9.53. The lowest BCUT2D eigenvalue weighted by atomic mass is 9.93. The number of aromatic nitrogens is 1. The van der Waals surface area contributed by atoms with Crippen molar-refractivity contribution in [2.45, 2.75) is 51.4 Å². The number of fused-ring (bicyclic) bond motifs is 1. The third kappa shape index (κ3) is 3.90. The van der Waals surface area contributed by atoms with Crippen molar-refractivity contribution in [3.8, 4) is 16.9 Å². The zero-order valence-corrected chi connectivity index (χ0v) is 17.7. The van der Waals surface area contributed by atoms with Crippen molar-refractivity contribution in [3.63, 3.8) is 0 Å². The van der Waals surface area contributed by atoms with Gasteiger partial charge >= 0.3 is 0 Å². The summed E-state index contributed by atoms with van der Waals surface area (Å²) in [6.45, 7) is 2.07. The van der Waals surface area contributed by atoms with Crippen molar-refractivity contribution in [2.24, 2.45) is 0 Å². The van der Waals surface area contributed by atoms with E-state index in [1.54, 1.807) is 11.3 Å². The molecule has 2 aromatic heterocycles. The summed E-state index contributed by atoms with van der Waals surface area (Å²) in [4.78, 5) is 5.37. The van der Waals surface area contributed by atoms with Crippen LogP contribution in [0, 0.1) is 6.92 Å². The molecule has 0 atom stereocenters. The molecule has 2 heterocycles. The lowest BCUT2D eigenvalue weighted by molar-refractivity contribution is 0.141. The highest BCUT2D eigenvalue weighted by molar-refractivity contribution is 7.19. The number of hydrogen-bond donors (Lipinski definition) is 2. The molecule has 1 aliphatic rings. The Morgan fingerprint density at radius 2 is 2.00 bits per heavy atom. The summed E-state index contributed by atoms with van der Waals surface area (Å²) in [5, 5.41) is 13.6. The molecular formula is C22H25ClN2O2S. The number of aliphatic hydroxyl groups is 1. The standard InChI is InChI=1S/C22H25ClN2O2S/c1-13-9-14(23)10-19(21(13)27-16-5-3-15(24-2)4-6-16)18-7-8-25-20-11-17(12-26)28-22(18)20/h7-11,15-16,24,26H,3-6,12H2,1-2H3/t15-,16+. The van der Waals surface area contributed by atoms with Crippen LogP contribution in [-0.4, -0.2) is 29.3 Å². The number of ether oxygens (including phenoxy) is 1. The largest absolute Gasteiger partial charge is 0.490 e. The van der Waals surface area contributed by atoms with E-state index in [2.05, 4.69) is 17.2 Å². The van der Waals surface area contributed by atoms with Gasteiger partial charge < -0.3 is 15.2 Å². The number of hydrogen-bond acceptors (Lipinski definition) is 5. The maximum Gasteiger partial charge on any atom is 0.130 e. The van der Waals surface area contributed by atoms with Crippen molar-refractivity contribution in [1.82, 2.24) is 10.3 Å². The summed E-state index contributed by atoms with van der Waals surface area (Å²) in [5.41, 5.74) is 3.99. The highest BCUT2D eigenvalue weighted by Gasteiger charge is 2.24. The van der Waals surface area contributed by atoms with Crippen LogP contribution in [0.3, 0.4) is 0 Å². The van der Waals surface area contributed by atoms with Gasteiger partial charge in [-0.2, -0.15) is 0 Å². The number of aliphatic hydroxyl groups excluding tert-OH is 1. The van der Waals surface area contributed by atoms with Crippen molar-refractivity contribution in [2.75, 3.05) is 7.05 Å². The third-order valence-electron chi connectivity index (χ3n) is 5.52. The van der Waals surface area contributed by atoms with E-state index in [0.717, 1.165) is 63.2 Å². The summed E-state index contributed by atoms with van der Waals surface area (Å²) < 4.78 is 7.60. The van der Waals surface area contributed by atoms with Crippen LogP contribution in [-0.2, 0) is 6.61 Å². The molecule has 2 N–H and O–H groups in total. The molecule has 3 aromatic rings. The molecule has 0 amide bonds. The average Bonchev–Trinajstić information content (AvgIpc) is 3.14. The summed E-state index contributed by atoms with van der Waals surface area (Å²) in [6.07, 6.45) is 6.39. The van der Waals surface area contributed by atoms with Crippen molar-refractivity contribution >= 4 is 33.2 Å². The van der Waals surface area contributed by atoms with Crippen molar-refractivity contribution in [3.05, 3.63) is 45.9 Å². The fourth-order valence-corrected chi connectivity index (χ4v) is 5.27. The first-order valence-corrected chi connectivity index (χ1v) is 10.9. The van der Waals surface area contributed by atoms with Crippen LogP contribution in [0.1, 0.15) is 36.1 Å². The van der Waals surface area contributed by atoms with E-state index in [-0.39, 0.29) is 12.7 Å². The second-order valence-electron chi connectivity index (χ2n) is 7.42. The summed E-state index contributed by atoms with van der Waals surface area (Å²) in [6, 6.07) is 8.49. The Kier molecular flexibility index (Phi) is 5.88. The van der Waals surface area contributed by atoms with Gasteiger partial charge in [-0.3, -0.25) is 4.98 Å². The van der Waals surface area contributed by atoms with Gasteiger partial charge in [-0.1, -0.05) is 11.6 Å². The van der Waals surface area contributed by atoms with E-state index in [9.17, 15) is 5.11 Å². The Bertz CT molecular complexity index is 980. The van der Waals surface area contributed by atoms with E-state index in [1.807, 2.05) is 37.5 Å². The number of benzene rings is 1. The minimum absolute atomic E-state index is 0.0209. The fourth-order valence-electron chi connectivity index (χ4n) is 4.00. The van der Waals surface area contributed by atoms with Gasteiger partial charge in [0.15, 0.2) is 0 Å². The molecule has 0 aliphatic heterocycles. The molecule has 148 valence electrons. The highest BCUT2D eigenvalue weighted by atomic mass is 35.5. The Labute approximate surface area is 174 Å². The average molecular weight is 417 g/mol. The molecule has 6 heteroatoms. The number of nitrogens with one attached hydrogen (secondary N) is 1. The molecule has 0 unspecified atom stereocenters. The molecule has 1 saturated carbocycles. The number of thiophene rings is 1. The zero-order valence-electron chi connectivity index (χ0n) is 16.2. The second-order valence-corrected chi connectivity index (χ2v) is 9.00. The van der Waals surface area contributed by atoms with Gasteiger partial charge in [-0.05, 0) is 69.5 Å². The molecule has 28 heavy (non-hydrogen) atoms. The lowest BCUT2D eigenvalue weighted by Crippen LogP contribution is -2.34. The van der Waals surface area contributed by atoms with Crippen LogP contribution in [0.4, 0.5) is 0 Å². The zero-order chi connectivity index (χ0) is 19.7. The van der Waals surface area contributed by atoms with Gasteiger partial charge in [-0.15, -0.1) is 11.3 Å². The Morgan fingerprint density at radius 1 is 1.21 bits per heavy atom. The molecule has 0 saturated heterocycles. The predicted octanol–water partition coefficient (Wildman–Crippen LogP) is 5.33. The molecule has 0 bridgehead atoms. The Balaban J connectivity index is 1.75. The van der Waals surface area contributed by atoms with Crippen LogP contribution < -0.4 is 10.1 Å². The maximum atomic E-state index is 9.53. The fraction of sp³-hybridized carbons (Fsp3) is 0.409. The Morgan fingerprint density at radius 3 is 2.71 bits per heavy atom.